The van der Waals surface area contributed by atoms with Gasteiger partial charge in [0.05, 0.1) is 16.5 Å². The standard InChI is InChI=1S/C10H11Cl4N3OS/c11-6(7(12)13)3-10(18,9(14)1-2-9)4-17-8(19)15-5-16-17/h5,18H,1-4H2,(H,15,16,19). The first kappa shape index (κ1) is 15.6. The molecule has 0 aliphatic heterocycles. The maximum atomic E-state index is 10.8. The molecule has 1 unspecified atom stereocenters. The number of aromatic amines is 1. The van der Waals surface area contributed by atoms with Gasteiger partial charge in [-0.2, -0.15) is 0 Å². The molecule has 2 rings (SSSR count). The number of hydrogen-bond acceptors (Lipinski definition) is 3. The first-order chi connectivity index (χ1) is 8.77. The summed E-state index contributed by atoms with van der Waals surface area (Å²) in [6, 6.07) is 0. The summed E-state index contributed by atoms with van der Waals surface area (Å²) < 4.78 is 1.79. The van der Waals surface area contributed by atoms with Crippen molar-refractivity contribution in [1.29, 1.82) is 0 Å². The van der Waals surface area contributed by atoms with Crippen LogP contribution in [0, 0.1) is 4.77 Å². The zero-order valence-electron chi connectivity index (χ0n) is 9.67. The second-order valence-electron chi connectivity index (χ2n) is 4.59. The van der Waals surface area contributed by atoms with Crippen LogP contribution in [0.2, 0.25) is 0 Å². The van der Waals surface area contributed by atoms with Crippen LogP contribution < -0.4 is 0 Å². The maximum absolute atomic E-state index is 10.8. The number of hydrogen-bond donors (Lipinski definition) is 2. The summed E-state index contributed by atoms with van der Waals surface area (Å²) in [5, 5.41) is 13.8. The smallest absolute Gasteiger partial charge is 0.215 e. The van der Waals surface area contributed by atoms with Crippen LogP contribution in [-0.4, -0.2) is 30.3 Å². The third kappa shape index (κ3) is 3.28. The van der Waals surface area contributed by atoms with E-state index in [1.165, 1.54) is 11.0 Å². The van der Waals surface area contributed by atoms with E-state index in [1.807, 2.05) is 0 Å². The highest BCUT2D eigenvalue weighted by molar-refractivity contribution is 7.71. The minimum Gasteiger partial charge on any atom is -0.386 e. The van der Waals surface area contributed by atoms with E-state index in [2.05, 4.69) is 10.1 Å². The van der Waals surface area contributed by atoms with Gasteiger partial charge in [-0.1, -0.05) is 34.8 Å². The minimum atomic E-state index is -1.30. The fourth-order valence-corrected chi connectivity index (χ4v) is 2.65. The molecular weight excluding hydrogens is 352 g/mol. The molecule has 0 saturated heterocycles. The number of nitrogens with zero attached hydrogens (tertiary/aromatic N) is 2. The number of halogens is 4. The molecule has 1 aromatic heterocycles. The van der Waals surface area contributed by atoms with E-state index in [1.54, 1.807) is 0 Å². The Hall–Kier alpha value is 0.220. The lowest BCUT2D eigenvalue weighted by molar-refractivity contribution is 0.00882. The highest BCUT2D eigenvalue weighted by Crippen LogP contribution is 2.54. The van der Waals surface area contributed by atoms with E-state index < -0.39 is 10.5 Å². The second kappa shape index (κ2) is 5.54. The average Bonchev–Trinajstić information content (AvgIpc) is 2.96. The van der Waals surface area contributed by atoms with E-state index in [9.17, 15) is 5.11 Å². The number of alkyl halides is 1. The topological polar surface area (TPSA) is 53.8 Å². The summed E-state index contributed by atoms with van der Waals surface area (Å²) in [5.41, 5.74) is -1.30. The van der Waals surface area contributed by atoms with Crippen LogP contribution in [0.4, 0.5) is 0 Å². The number of aromatic nitrogens is 3. The minimum absolute atomic E-state index is 0.0567. The molecule has 0 aromatic carbocycles. The SMILES string of the molecule is OC(CC(Cl)=C(Cl)Cl)(Cn1[nH]cnc1=S)C1(Cl)CC1. The Morgan fingerprint density at radius 2 is 2.16 bits per heavy atom. The first-order valence-electron chi connectivity index (χ1n) is 5.49. The monoisotopic (exact) mass is 361 g/mol. The molecular formula is C10H11Cl4N3OS. The number of rotatable bonds is 5. The van der Waals surface area contributed by atoms with Gasteiger partial charge in [0.25, 0.3) is 0 Å². The summed E-state index contributed by atoms with van der Waals surface area (Å²) in [6.07, 6.45) is 2.89. The van der Waals surface area contributed by atoms with Gasteiger partial charge < -0.3 is 5.11 Å². The van der Waals surface area contributed by atoms with E-state index in [4.69, 9.17) is 58.6 Å². The molecule has 2 N–H and O–H groups in total. The van der Waals surface area contributed by atoms with Crippen molar-refractivity contribution in [2.75, 3.05) is 0 Å². The molecule has 0 amide bonds. The average molecular weight is 363 g/mol. The summed E-state index contributed by atoms with van der Waals surface area (Å²) in [4.78, 5) is 3.15. The van der Waals surface area contributed by atoms with Crippen molar-refractivity contribution < 1.29 is 5.11 Å². The normalized spacial score (nSPS) is 19.8. The van der Waals surface area contributed by atoms with Crippen LogP contribution in [0.5, 0.6) is 0 Å². The predicted molar refractivity (Wildman–Crippen MR) is 79.4 cm³/mol. The molecule has 1 heterocycles. The molecule has 1 aromatic rings. The molecule has 9 heteroatoms. The van der Waals surface area contributed by atoms with Gasteiger partial charge in [0.15, 0.2) is 0 Å². The molecule has 1 fully saturated rings. The van der Waals surface area contributed by atoms with Crippen molar-refractivity contribution in [3.63, 3.8) is 0 Å². The van der Waals surface area contributed by atoms with Gasteiger partial charge in [-0.3, -0.25) is 9.78 Å². The van der Waals surface area contributed by atoms with E-state index in [-0.39, 0.29) is 22.5 Å². The molecule has 1 atom stereocenters. The zero-order valence-corrected chi connectivity index (χ0v) is 13.5. The van der Waals surface area contributed by atoms with Crippen LogP contribution in [0.1, 0.15) is 19.3 Å². The fraction of sp³-hybridized carbons (Fsp3) is 0.600. The van der Waals surface area contributed by atoms with Crippen LogP contribution in [-0.2, 0) is 6.54 Å². The number of H-pyrrole nitrogens is 1. The van der Waals surface area contributed by atoms with Gasteiger partial charge in [0.1, 0.15) is 16.4 Å². The highest BCUT2D eigenvalue weighted by atomic mass is 35.5. The van der Waals surface area contributed by atoms with Crippen LogP contribution in [0.15, 0.2) is 15.9 Å². The van der Waals surface area contributed by atoms with Gasteiger partial charge in [0.2, 0.25) is 4.77 Å². The molecule has 19 heavy (non-hydrogen) atoms. The summed E-state index contributed by atoms with van der Waals surface area (Å²) >= 11 is 28.6. The Bertz CT molecular complexity index is 561. The van der Waals surface area contributed by atoms with Crippen molar-refractivity contribution >= 4 is 58.6 Å². The Morgan fingerprint density at radius 1 is 1.53 bits per heavy atom. The van der Waals surface area contributed by atoms with Gasteiger partial charge >= 0.3 is 0 Å². The molecule has 0 bridgehead atoms. The fourth-order valence-electron chi connectivity index (χ4n) is 1.91. The summed E-state index contributed by atoms with van der Waals surface area (Å²) in [6.45, 7) is 0.145. The largest absolute Gasteiger partial charge is 0.386 e. The molecule has 0 spiro atoms. The van der Waals surface area contributed by atoms with E-state index >= 15 is 0 Å². The molecule has 0 radical (unpaired) electrons. The lowest BCUT2D eigenvalue weighted by Gasteiger charge is -2.33. The second-order valence-corrected chi connectivity index (χ2v) is 7.09. The maximum Gasteiger partial charge on any atom is 0.215 e. The summed E-state index contributed by atoms with van der Waals surface area (Å²) in [7, 11) is 0. The lowest BCUT2D eigenvalue weighted by atomic mass is 9.93. The zero-order chi connectivity index (χ0) is 14.3. The van der Waals surface area contributed by atoms with Crippen molar-refractivity contribution in [3.8, 4) is 0 Å². The van der Waals surface area contributed by atoms with E-state index in [0.717, 1.165) is 0 Å². The van der Waals surface area contributed by atoms with Crippen molar-refractivity contribution in [2.45, 2.75) is 36.3 Å². The molecule has 1 saturated carbocycles. The summed E-state index contributed by atoms with van der Waals surface area (Å²) in [5.74, 6) is 0. The van der Waals surface area contributed by atoms with Crippen LogP contribution >= 0.6 is 58.6 Å². The van der Waals surface area contributed by atoms with Crippen molar-refractivity contribution in [1.82, 2.24) is 14.8 Å². The molecule has 1 aliphatic carbocycles. The van der Waals surface area contributed by atoms with Crippen LogP contribution in [0.25, 0.3) is 0 Å². The van der Waals surface area contributed by atoms with Gasteiger partial charge in [-0.15, -0.1) is 11.6 Å². The molecule has 4 nitrogen and oxygen atoms in total. The Kier molecular flexibility index (Phi) is 4.55. The highest BCUT2D eigenvalue weighted by Gasteiger charge is 2.58. The van der Waals surface area contributed by atoms with Gasteiger partial charge in [-0.05, 0) is 25.1 Å². The van der Waals surface area contributed by atoms with Crippen LogP contribution in [0.3, 0.4) is 0 Å². The Balaban J connectivity index is 2.29. The molecule has 106 valence electrons. The van der Waals surface area contributed by atoms with Gasteiger partial charge in [-0.25, -0.2) is 4.98 Å². The third-order valence-electron chi connectivity index (χ3n) is 3.21. The Labute approximate surface area is 135 Å². The van der Waals surface area contributed by atoms with E-state index in [0.29, 0.717) is 17.6 Å². The van der Waals surface area contributed by atoms with Crippen molar-refractivity contribution in [3.05, 3.63) is 20.6 Å². The quantitative estimate of drug-likeness (QED) is 0.620. The first-order valence-corrected chi connectivity index (χ1v) is 7.41. The third-order valence-corrected chi connectivity index (χ3v) is 5.24. The Morgan fingerprint density at radius 3 is 2.58 bits per heavy atom. The number of aliphatic hydroxyl groups is 1. The predicted octanol–water partition coefficient (Wildman–Crippen LogP) is 3.72. The number of nitrogens with one attached hydrogen (secondary N) is 1. The molecule has 1 aliphatic rings. The van der Waals surface area contributed by atoms with Crippen molar-refractivity contribution in [2.24, 2.45) is 0 Å². The van der Waals surface area contributed by atoms with Gasteiger partial charge in [0, 0.05) is 6.42 Å². The lowest BCUT2D eigenvalue weighted by Crippen LogP contribution is -2.45.